The maximum atomic E-state index is 13.0. The molecule has 1 aromatic carbocycles. The molecule has 0 fully saturated rings. The molecule has 0 aliphatic heterocycles. The molecule has 7 nitrogen and oxygen atoms in total. The van der Waals surface area contributed by atoms with Gasteiger partial charge in [0.2, 0.25) is 0 Å². The minimum Gasteiger partial charge on any atom is -0.463 e. The number of fused-ring (bicyclic) bond motifs is 1. The molecule has 0 radical (unpaired) electrons. The molecule has 32 heavy (non-hydrogen) atoms. The number of amides is 1. The summed E-state index contributed by atoms with van der Waals surface area (Å²) >= 11 is 0. The molecule has 0 aliphatic rings. The summed E-state index contributed by atoms with van der Waals surface area (Å²) in [7, 11) is 0. The lowest BCUT2D eigenvalue weighted by Crippen LogP contribution is -2.15. The van der Waals surface area contributed by atoms with E-state index in [-0.39, 0.29) is 23.6 Å². The van der Waals surface area contributed by atoms with Crippen LogP contribution in [0.15, 0.2) is 65.5 Å². The topological polar surface area (TPSA) is 85.8 Å². The monoisotopic (exact) mass is 443 g/mol. The number of carbonyl (C=O) groups excluding carboxylic acids is 2. The van der Waals surface area contributed by atoms with E-state index in [0.29, 0.717) is 17.0 Å². The zero-order valence-electron chi connectivity index (χ0n) is 16.6. The maximum absolute atomic E-state index is 13.0. The Hall–Kier alpha value is -4.08. The van der Waals surface area contributed by atoms with E-state index in [2.05, 4.69) is 10.3 Å². The Balaban J connectivity index is 1.75. The second-order valence-electron chi connectivity index (χ2n) is 6.70. The van der Waals surface area contributed by atoms with Gasteiger partial charge in [0, 0.05) is 5.69 Å². The summed E-state index contributed by atoms with van der Waals surface area (Å²) in [6, 6.07) is 10.5. The first-order valence-corrected chi connectivity index (χ1v) is 9.48. The normalized spacial score (nSPS) is 11.5. The molecule has 0 unspecified atom stereocenters. The molecular formula is C22H16F3N3O4. The molecule has 1 N–H and O–H groups in total. The molecular weight excluding hydrogens is 427 g/mol. The fourth-order valence-electron chi connectivity index (χ4n) is 3.17. The van der Waals surface area contributed by atoms with Crippen molar-refractivity contribution in [3.63, 3.8) is 0 Å². The van der Waals surface area contributed by atoms with Crippen molar-refractivity contribution in [2.45, 2.75) is 13.1 Å². The standard InChI is InChI=1S/C22H16F3N3O4/c1-2-31-21(30)15-10-18(20(29)27-14-6-3-5-13(9-14)22(23,24)25)28-12-26-16(11-17(15)28)19-7-4-8-32-19/h3-12H,2H2,1H3,(H,27,29). The third-order valence-corrected chi connectivity index (χ3v) is 4.61. The quantitative estimate of drug-likeness (QED) is 0.437. The van der Waals surface area contributed by atoms with Crippen LogP contribution in [-0.4, -0.2) is 27.9 Å². The highest BCUT2D eigenvalue weighted by Gasteiger charge is 2.30. The van der Waals surface area contributed by atoms with Gasteiger partial charge in [0.1, 0.15) is 17.7 Å². The molecule has 0 bridgehead atoms. The number of hydrogen-bond donors (Lipinski definition) is 1. The summed E-state index contributed by atoms with van der Waals surface area (Å²) < 4.78 is 50.7. The van der Waals surface area contributed by atoms with Crippen molar-refractivity contribution in [1.29, 1.82) is 0 Å². The third-order valence-electron chi connectivity index (χ3n) is 4.61. The highest BCUT2D eigenvalue weighted by molar-refractivity contribution is 6.08. The van der Waals surface area contributed by atoms with E-state index >= 15 is 0 Å². The average Bonchev–Trinajstić information content (AvgIpc) is 3.41. The maximum Gasteiger partial charge on any atom is 0.416 e. The summed E-state index contributed by atoms with van der Waals surface area (Å²) in [6.45, 7) is 1.77. The van der Waals surface area contributed by atoms with Gasteiger partial charge in [-0.3, -0.25) is 9.20 Å². The lowest BCUT2D eigenvalue weighted by atomic mass is 10.2. The van der Waals surface area contributed by atoms with Crippen LogP contribution in [-0.2, 0) is 10.9 Å². The summed E-state index contributed by atoms with van der Waals surface area (Å²) in [4.78, 5) is 29.6. The molecule has 0 atom stereocenters. The molecule has 164 valence electrons. The largest absolute Gasteiger partial charge is 0.463 e. The van der Waals surface area contributed by atoms with Gasteiger partial charge in [-0.1, -0.05) is 6.07 Å². The molecule has 3 heterocycles. The number of ether oxygens (including phenoxy) is 1. The number of hydrogen-bond acceptors (Lipinski definition) is 5. The second kappa shape index (κ2) is 8.22. The van der Waals surface area contributed by atoms with Gasteiger partial charge in [-0.05, 0) is 49.4 Å². The molecule has 3 aromatic heterocycles. The summed E-state index contributed by atoms with van der Waals surface area (Å²) in [6.07, 6.45) is -1.75. The highest BCUT2D eigenvalue weighted by Crippen LogP contribution is 2.31. The van der Waals surface area contributed by atoms with Crippen LogP contribution >= 0.6 is 0 Å². The fraction of sp³-hybridized carbons (Fsp3) is 0.136. The second-order valence-corrected chi connectivity index (χ2v) is 6.70. The van der Waals surface area contributed by atoms with Crippen molar-refractivity contribution >= 4 is 23.1 Å². The van der Waals surface area contributed by atoms with Crippen molar-refractivity contribution in [1.82, 2.24) is 9.38 Å². The fourth-order valence-corrected chi connectivity index (χ4v) is 3.17. The first-order chi connectivity index (χ1) is 15.3. The van der Waals surface area contributed by atoms with E-state index in [1.807, 2.05) is 0 Å². The number of anilines is 1. The van der Waals surface area contributed by atoms with Crippen LogP contribution in [0, 0.1) is 0 Å². The highest BCUT2D eigenvalue weighted by atomic mass is 19.4. The molecule has 1 amide bonds. The average molecular weight is 443 g/mol. The van der Waals surface area contributed by atoms with Gasteiger partial charge in [-0.25, -0.2) is 9.78 Å². The first-order valence-electron chi connectivity index (χ1n) is 9.48. The number of esters is 1. The Labute approximate surface area is 179 Å². The van der Waals surface area contributed by atoms with E-state index in [1.165, 1.54) is 35.2 Å². The Bertz CT molecular complexity index is 1290. The van der Waals surface area contributed by atoms with Gasteiger partial charge in [-0.2, -0.15) is 13.2 Å². The van der Waals surface area contributed by atoms with Crippen LogP contribution < -0.4 is 5.32 Å². The minimum absolute atomic E-state index is 0.000963. The van der Waals surface area contributed by atoms with E-state index in [9.17, 15) is 22.8 Å². The zero-order chi connectivity index (χ0) is 22.9. The van der Waals surface area contributed by atoms with E-state index in [0.717, 1.165) is 12.1 Å². The predicted molar refractivity (Wildman–Crippen MR) is 108 cm³/mol. The summed E-state index contributed by atoms with van der Waals surface area (Å²) in [5.74, 6) is -0.916. The molecule has 10 heteroatoms. The first kappa shape index (κ1) is 21.2. The van der Waals surface area contributed by atoms with Crippen LogP contribution in [0.1, 0.15) is 33.3 Å². The Kier molecular flexibility index (Phi) is 5.43. The van der Waals surface area contributed by atoms with Crippen LogP contribution in [0.3, 0.4) is 0 Å². The van der Waals surface area contributed by atoms with E-state index < -0.39 is 23.6 Å². The lowest BCUT2D eigenvalue weighted by molar-refractivity contribution is -0.137. The van der Waals surface area contributed by atoms with Gasteiger partial charge < -0.3 is 14.5 Å². The number of nitrogens with zero attached hydrogens (tertiary/aromatic N) is 2. The van der Waals surface area contributed by atoms with Gasteiger partial charge in [-0.15, -0.1) is 0 Å². The van der Waals surface area contributed by atoms with Gasteiger partial charge in [0.25, 0.3) is 5.91 Å². The number of nitrogens with one attached hydrogen (secondary N) is 1. The molecule has 0 aliphatic carbocycles. The molecule has 0 saturated heterocycles. The molecule has 4 aromatic rings. The number of alkyl halides is 3. The van der Waals surface area contributed by atoms with Crippen molar-refractivity contribution < 1.29 is 31.9 Å². The van der Waals surface area contributed by atoms with Crippen molar-refractivity contribution in [3.05, 3.63) is 77.9 Å². The van der Waals surface area contributed by atoms with Crippen LogP contribution in [0.25, 0.3) is 17.0 Å². The number of carbonyl (C=O) groups is 2. The predicted octanol–water partition coefficient (Wildman–Crippen LogP) is 5.04. The number of halogens is 3. The number of rotatable bonds is 5. The smallest absolute Gasteiger partial charge is 0.416 e. The van der Waals surface area contributed by atoms with E-state index in [4.69, 9.17) is 9.15 Å². The van der Waals surface area contributed by atoms with Gasteiger partial charge in [0.15, 0.2) is 5.76 Å². The molecule has 0 spiro atoms. The number of benzene rings is 1. The van der Waals surface area contributed by atoms with Crippen molar-refractivity contribution in [3.8, 4) is 11.5 Å². The zero-order valence-corrected chi connectivity index (χ0v) is 16.6. The minimum atomic E-state index is -4.55. The summed E-state index contributed by atoms with van der Waals surface area (Å²) in [5.41, 5.74) is -0.0739. The van der Waals surface area contributed by atoms with Crippen molar-refractivity contribution in [2.24, 2.45) is 0 Å². The van der Waals surface area contributed by atoms with Crippen LogP contribution in [0.2, 0.25) is 0 Å². The number of furan rings is 1. The molecule has 4 rings (SSSR count). The Morgan fingerprint density at radius 2 is 1.97 bits per heavy atom. The molecule has 0 saturated carbocycles. The van der Waals surface area contributed by atoms with E-state index in [1.54, 1.807) is 25.1 Å². The Morgan fingerprint density at radius 3 is 2.66 bits per heavy atom. The van der Waals surface area contributed by atoms with Crippen LogP contribution in [0.4, 0.5) is 18.9 Å². The third kappa shape index (κ3) is 4.07. The summed E-state index contributed by atoms with van der Waals surface area (Å²) in [5, 5.41) is 2.43. The van der Waals surface area contributed by atoms with Crippen LogP contribution in [0.5, 0.6) is 0 Å². The van der Waals surface area contributed by atoms with Crippen molar-refractivity contribution in [2.75, 3.05) is 11.9 Å². The van der Waals surface area contributed by atoms with Gasteiger partial charge >= 0.3 is 12.1 Å². The number of aromatic nitrogens is 2. The van der Waals surface area contributed by atoms with Gasteiger partial charge in [0.05, 0.1) is 29.5 Å². The SMILES string of the molecule is CCOC(=O)c1cc(C(=O)Nc2cccc(C(F)(F)F)c2)n2cnc(-c3ccco3)cc12. The lowest BCUT2D eigenvalue weighted by Gasteiger charge is -2.10. The Morgan fingerprint density at radius 1 is 1.16 bits per heavy atom.